The molecule has 6 aromatic rings. The fourth-order valence-corrected chi connectivity index (χ4v) is 31.3. The molecule has 16 saturated carbocycles. The molecule has 6 aromatic carbocycles. The normalized spacial score (nSPS) is 31.5. The predicted octanol–water partition coefficient (Wildman–Crippen LogP) is 22.4. The zero-order valence-corrected chi connectivity index (χ0v) is 67.5. The van der Waals surface area contributed by atoms with Crippen molar-refractivity contribution < 1.29 is 74.6 Å². The summed E-state index contributed by atoms with van der Waals surface area (Å²) < 4.78 is 87.5. The third kappa shape index (κ3) is 16.4. The van der Waals surface area contributed by atoms with Gasteiger partial charge in [-0.25, -0.2) is 0 Å². The Morgan fingerprint density at radius 3 is 0.640 bits per heavy atom. The van der Waals surface area contributed by atoms with E-state index >= 15 is 0 Å². The molecule has 0 heterocycles. The van der Waals surface area contributed by atoms with Crippen LogP contribution in [0.1, 0.15) is 202 Å². The molecule has 0 spiro atoms. The highest BCUT2D eigenvalue weighted by molar-refractivity contribution is 7.97. The Kier molecular flexibility index (Phi) is 21.9. The van der Waals surface area contributed by atoms with Crippen molar-refractivity contribution in [1.29, 1.82) is 0 Å². The van der Waals surface area contributed by atoms with Gasteiger partial charge in [0.15, 0.2) is 75.4 Å². The number of carbonyl (C=O) groups excluding carboxylic acids is 4. The van der Waals surface area contributed by atoms with Gasteiger partial charge in [-0.1, -0.05) is 36.4 Å². The molecule has 592 valence electrons. The topological polar surface area (TPSA) is 142 Å². The highest BCUT2D eigenvalue weighted by Gasteiger charge is 2.56. The summed E-state index contributed by atoms with van der Waals surface area (Å²) in [6.07, 6.45) is 26.8. The molecule has 0 N–H and O–H groups in total. The predicted molar refractivity (Wildman–Crippen MR) is 419 cm³/mol. The average molecular weight is 1560 g/mol. The van der Waals surface area contributed by atoms with Crippen molar-refractivity contribution >= 4 is 45.7 Å². The van der Waals surface area contributed by atoms with Gasteiger partial charge in [0, 0.05) is 0 Å². The molecule has 0 unspecified atom stereocenters. The van der Waals surface area contributed by atoms with Crippen LogP contribution in [0, 0.1) is 120 Å². The maximum atomic E-state index is 13.6. The summed E-state index contributed by atoms with van der Waals surface area (Å²) in [5, 5.41) is 0. The molecule has 0 saturated heterocycles. The molecule has 16 fully saturated rings. The van der Waals surface area contributed by atoms with Crippen LogP contribution in [0.15, 0.2) is 139 Å². The second-order valence-corrected chi connectivity index (χ2v) is 40.7. The van der Waals surface area contributed by atoms with Crippen LogP contribution < -0.4 is 37.9 Å². The molecule has 22 rings (SSSR count). The number of rotatable bonds is 22. The van der Waals surface area contributed by atoms with E-state index in [0.717, 1.165) is 123 Å². The number of methoxy groups -OCH3 is 4. The maximum Gasteiger partial charge on any atom is 0.559 e. The van der Waals surface area contributed by atoms with Crippen LogP contribution in [0.4, 0.5) is 17.6 Å². The van der Waals surface area contributed by atoms with Gasteiger partial charge in [-0.05, 0) is 347 Å². The van der Waals surface area contributed by atoms with E-state index in [1.807, 2.05) is 36.4 Å². The Morgan fingerprint density at radius 2 is 0.477 bits per heavy atom. The Morgan fingerprint density at radius 1 is 0.306 bits per heavy atom. The van der Waals surface area contributed by atoms with Gasteiger partial charge in [0.25, 0.3) is 0 Å². The lowest BCUT2D eigenvalue weighted by Gasteiger charge is -2.56. The highest BCUT2D eigenvalue weighted by Crippen LogP contribution is 2.66. The monoisotopic (exact) mass is 1560 g/mol. The highest BCUT2D eigenvalue weighted by atomic mass is 32.2. The van der Waals surface area contributed by atoms with E-state index < -0.39 is 28.2 Å². The lowest BCUT2D eigenvalue weighted by atomic mass is 9.49. The van der Waals surface area contributed by atoms with Crippen LogP contribution in [0.5, 0.6) is 46.0 Å². The van der Waals surface area contributed by atoms with Crippen molar-refractivity contribution in [3.63, 3.8) is 0 Å². The second kappa shape index (κ2) is 31.2. The molecular weight excluding hydrogens is 1450 g/mol. The number of ether oxygens (including phenoxy) is 8. The maximum absolute atomic E-state index is 13.6. The van der Waals surface area contributed by atoms with Gasteiger partial charge in [-0.3, -0.25) is 19.2 Å². The summed E-state index contributed by atoms with van der Waals surface area (Å²) >= 11 is 0. The minimum atomic E-state index is -5.50. The van der Waals surface area contributed by atoms with E-state index in [1.165, 1.54) is 154 Å². The molecular formula is C93H110F4O12S2+2. The smallest absolute Gasteiger partial charge is 0.492 e. The molecule has 16 bridgehead atoms. The van der Waals surface area contributed by atoms with Gasteiger partial charge in [-0.2, -0.15) is 0 Å². The molecule has 0 amide bonds. The molecule has 111 heavy (non-hydrogen) atoms. The summed E-state index contributed by atoms with van der Waals surface area (Å²) in [4.78, 5) is 61.0. The zero-order chi connectivity index (χ0) is 77.5. The molecule has 18 heteroatoms. The Bertz CT molecular complexity index is 3820. The number of halogens is 4. The van der Waals surface area contributed by atoms with E-state index in [1.54, 1.807) is 28.4 Å². The van der Waals surface area contributed by atoms with E-state index in [0.29, 0.717) is 71.7 Å². The molecule has 0 radical (unpaired) electrons. The lowest BCUT2D eigenvalue weighted by molar-refractivity contribution is -0.237. The number of benzene rings is 6. The van der Waals surface area contributed by atoms with Crippen molar-refractivity contribution in [2.75, 3.05) is 28.4 Å². The number of hydrogen-bond donors (Lipinski definition) is 0. The third-order valence-corrected chi connectivity index (χ3v) is 33.6. The fourth-order valence-electron chi connectivity index (χ4n) is 26.6. The molecule has 16 aliphatic carbocycles. The lowest BCUT2D eigenvalue weighted by Crippen LogP contribution is -2.47. The van der Waals surface area contributed by atoms with Crippen molar-refractivity contribution in [2.24, 2.45) is 92.7 Å². The van der Waals surface area contributed by atoms with Crippen molar-refractivity contribution in [3.05, 3.63) is 131 Å². The third-order valence-electron chi connectivity index (χ3n) is 28.6. The first-order valence-electron chi connectivity index (χ1n) is 41.1. The number of esters is 4. The van der Waals surface area contributed by atoms with Crippen LogP contribution in [-0.2, 0) is 41.0 Å². The molecule has 16 aliphatic rings. The van der Waals surface area contributed by atoms with Gasteiger partial charge in [0.1, 0.15) is 21.8 Å². The van der Waals surface area contributed by atoms with Crippen molar-refractivity contribution in [3.8, 4) is 46.0 Å². The fraction of sp³-hybridized carbons (Fsp3) is 0.570. The molecule has 0 aliphatic heterocycles. The zero-order valence-electron chi connectivity index (χ0n) is 65.8. The van der Waals surface area contributed by atoms with Crippen LogP contribution >= 0.6 is 0 Å². The number of hydrogen-bond acceptors (Lipinski definition) is 12. The van der Waals surface area contributed by atoms with Gasteiger partial charge in [0.05, 0.1) is 76.4 Å². The SMILES string of the molecule is COc1c(OC(=O)CC23CC4CC(CC(C4)C2)C3)ccc([S+](c2ccccc2)c2ccc(OC(=O)CC34CC5CC(CC(C5)C3)C4)c(OC)c2C)c1C.COc1c(OC(=O)CC23CC4CC(CC(C4)C2)C3)ccc([S+](c2ccccc2)c2ccc(OC(=O)CC34CC5CC(CC(C5)C3)C4)c(OC)c2C)c1C.FC(F)(F)F. The van der Waals surface area contributed by atoms with Crippen molar-refractivity contribution in [1.82, 2.24) is 0 Å². The molecule has 0 atom stereocenters. The van der Waals surface area contributed by atoms with Crippen LogP contribution in [-0.4, -0.2) is 58.7 Å². The van der Waals surface area contributed by atoms with E-state index in [9.17, 15) is 36.7 Å². The summed E-state index contributed by atoms with van der Waals surface area (Å²) in [7, 11) is 5.50. The number of carbonyl (C=O) groups is 4. The summed E-state index contributed by atoms with van der Waals surface area (Å²) in [5.74, 6) is 13.2. The van der Waals surface area contributed by atoms with Crippen LogP contribution in [0.25, 0.3) is 0 Å². The molecule has 0 aromatic heterocycles. The van der Waals surface area contributed by atoms with Gasteiger partial charge < -0.3 is 37.9 Å². The van der Waals surface area contributed by atoms with Gasteiger partial charge >= 0.3 is 30.3 Å². The Hall–Kier alpha value is -7.18. The van der Waals surface area contributed by atoms with Crippen LogP contribution in [0.2, 0.25) is 0 Å². The standard InChI is InChI=1S/2C46H55O6S.CF4/c2*1-28-39(12-10-37(43(28)49-3)51-41(47)26-45-20-30-14-31(21-45)16-32(15-30)22-45)53(36-8-6-5-7-9-36)40-13-11-38(44(50-4)29(40)2)52-42(48)27-46-23-33-17-34(24-46)19-35(18-33)25-46;2-1(3,4)5/h2*5-13,30-35H,14-27H2,1-4H3;/q2*+1;. The quantitative estimate of drug-likeness (QED) is 0.0276. The van der Waals surface area contributed by atoms with Crippen LogP contribution in [0.3, 0.4) is 0 Å². The first-order chi connectivity index (χ1) is 53.2. The van der Waals surface area contributed by atoms with E-state index in [-0.39, 0.29) is 45.5 Å². The van der Waals surface area contributed by atoms with Gasteiger partial charge in [0.2, 0.25) is 0 Å². The average Bonchev–Trinajstić information content (AvgIpc) is 0.702. The summed E-state index contributed by atoms with van der Waals surface area (Å²) in [6.45, 7) is 8.22. The summed E-state index contributed by atoms with van der Waals surface area (Å²) in [6, 6.07) is 36.9. The molecule has 12 nitrogen and oxygen atoms in total. The van der Waals surface area contributed by atoms with E-state index in [2.05, 4.69) is 100 Å². The Labute approximate surface area is 658 Å². The summed E-state index contributed by atoms with van der Waals surface area (Å²) in [5.41, 5.74) is 4.18. The van der Waals surface area contributed by atoms with E-state index in [4.69, 9.17) is 37.9 Å². The number of alkyl halides is 4. The second-order valence-electron chi connectivity index (χ2n) is 36.8. The first-order valence-corrected chi connectivity index (χ1v) is 43.6. The van der Waals surface area contributed by atoms with Crippen molar-refractivity contribution in [2.45, 2.75) is 243 Å². The first kappa shape index (κ1) is 77.7. The largest absolute Gasteiger partial charge is 0.559 e. The van der Waals surface area contributed by atoms with Gasteiger partial charge in [-0.15, -0.1) is 17.6 Å². The Balaban J connectivity index is 0.000000159. The minimum absolute atomic E-state index is 0.111. The minimum Gasteiger partial charge on any atom is -0.492 e.